The van der Waals surface area contributed by atoms with E-state index in [0.29, 0.717) is 25.5 Å². The maximum Gasteiger partial charge on any atom is 0.222 e. The molecule has 0 aliphatic rings. The van der Waals surface area contributed by atoms with E-state index in [1.165, 1.54) is 12.1 Å². The quantitative estimate of drug-likeness (QED) is 0.263. The molecule has 1 amide bonds. The summed E-state index contributed by atoms with van der Waals surface area (Å²) in [4.78, 5) is 16.3. The van der Waals surface area contributed by atoms with E-state index in [1.54, 1.807) is 12.1 Å². The van der Waals surface area contributed by atoms with E-state index in [-0.39, 0.29) is 36.3 Å². The number of nitrogens with zero attached hydrogens (tertiary/aromatic N) is 1. The molecule has 0 spiro atoms. The average molecular weight is 533 g/mol. The van der Waals surface area contributed by atoms with Crippen molar-refractivity contribution >= 4 is 47.4 Å². The van der Waals surface area contributed by atoms with Crippen molar-refractivity contribution in [1.29, 1.82) is 0 Å². The zero-order valence-electron chi connectivity index (χ0n) is 16.3. The van der Waals surface area contributed by atoms with Crippen LogP contribution in [0.25, 0.3) is 0 Å². The van der Waals surface area contributed by atoms with Gasteiger partial charge < -0.3 is 16.4 Å². The highest BCUT2D eigenvalue weighted by Gasteiger charge is 2.16. The maximum absolute atomic E-state index is 13.0. The monoisotopic (exact) mass is 532 g/mol. The molecule has 4 N–H and O–H groups in total. The highest BCUT2D eigenvalue weighted by molar-refractivity contribution is 14.0. The molecular weight excluding hydrogens is 506 g/mol. The second-order valence-electron chi connectivity index (χ2n) is 6.42. The van der Waals surface area contributed by atoms with E-state index in [2.05, 4.69) is 15.6 Å². The number of nitrogens with two attached hydrogens (primary N) is 1. The number of halogens is 3. The van der Waals surface area contributed by atoms with Crippen molar-refractivity contribution in [3.63, 3.8) is 0 Å². The summed E-state index contributed by atoms with van der Waals surface area (Å²) >= 11 is 6.18. The summed E-state index contributed by atoms with van der Waals surface area (Å²) in [7, 11) is 0. The van der Waals surface area contributed by atoms with E-state index in [4.69, 9.17) is 17.3 Å². The highest BCUT2D eigenvalue weighted by atomic mass is 127. The van der Waals surface area contributed by atoms with Crippen molar-refractivity contribution in [1.82, 2.24) is 10.6 Å². The fraction of sp³-hybridized carbons (Fsp3) is 0.333. The first-order chi connectivity index (χ1) is 13.5. The van der Waals surface area contributed by atoms with Gasteiger partial charge >= 0.3 is 0 Å². The zero-order chi connectivity index (χ0) is 20.4. The van der Waals surface area contributed by atoms with Gasteiger partial charge in [-0.2, -0.15) is 0 Å². The smallest absolute Gasteiger partial charge is 0.222 e. The molecule has 0 saturated carbocycles. The summed E-state index contributed by atoms with van der Waals surface area (Å²) < 4.78 is 13.0. The van der Waals surface area contributed by atoms with Crippen molar-refractivity contribution in [2.75, 3.05) is 19.6 Å². The van der Waals surface area contributed by atoms with Crippen LogP contribution in [0.1, 0.15) is 18.1 Å². The van der Waals surface area contributed by atoms with Crippen molar-refractivity contribution < 1.29 is 9.18 Å². The first-order valence-corrected chi connectivity index (χ1v) is 9.66. The molecule has 0 saturated heterocycles. The Balaban J connectivity index is 0.00000420. The summed E-state index contributed by atoms with van der Waals surface area (Å²) in [5.41, 5.74) is 7.43. The summed E-state index contributed by atoms with van der Waals surface area (Å²) in [5.74, 6) is -0.598. The number of carbonyl (C=O) groups is 1. The highest BCUT2D eigenvalue weighted by Crippen LogP contribution is 2.15. The van der Waals surface area contributed by atoms with Gasteiger partial charge in [-0.15, -0.1) is 24.0 Å². The number of amides is 1. The molecule has 0 aliphatic carbocycles. The van der Waals surface area contributed by atoms with Crippen molar-refractivity contribution in [2.24, 2.45) is 16.6 Å². The summed E-state index contributed by atoms with van der Waals surface area (Å²) in [5, 5.41) is 7.13. The van der Waals surface area contributed by atoms with Crippen LogP contribution >= 0.6 is 35.6 Å². The molecule has 1 atom stereocenters. The lowest BCUT2D eigenvalue weighted by molar-refractivity contribution is -0.121. The van der Waals surface area contributed by atoms with Gasteiger partial charge in [-0.3, -0.25) is 9.79 Å². The fourth-order valence-corrected chi connectivity index (χ4v) is 2.95. The van der Waals surface area contributed by atoms with Gasteiger partial charge in [0.05, 0.1) is 12.5 Å². The van der Waals surface area contributed by atoms with Crippen LogP contribution in [0.5, 0.6) is 0 Å². The number of rotatable bonds is 9. The third kappa shape index (κ3) is 8.99. The molecule has 158 valence electrons. The number of nitrogens with one attached hydrogen (secondary N) is 2. The standard InChI is InChI=1S/C21H26ClFN4O.HI/c1-2-25-21(26-12-11-16-5-3-4-6-19(16)22)27-14-17(20(24)28)13-15-7-9-18(23)10-8-15;/h3-10,17H,2,11-14H2,1H3,(H2,24,28)(H2,25,26,27);1H. The minimum atomic E-state index is -0.468. The van der Waals surface area contributed by atoms with Crippen LogP contribution in [0, 0.1) is 11.7 Å². The van der Waals surface area contributed by atoms with Gasteiger partial charge in [-0.05, 0) is 49.1 Å². The third-order valence-corrected chi connectivity index (χ3v) is 4.63. The van der Waals surface area contributed by atoms with Crippen molar-refractivity contribution in [2.45, 2.75) is 19.8 Å². The Bertz CT molecular complexity index is 802. The first kappa shape index (κ1) is 25.2. The van der Waals surface area contributed by atoms with Crippen LogP contribution in [0.15, 0.2) is 53.5 Å². The zero-order valence-corrected chi connectivity index (χ0v) is 19.4. The Morgan fingerprint density at radius 1 is 1.17 bits per heavy atom. The Kier molecular flexibility index (Phi) is 11.6. The Labute approximate surface area is 193 Å². The molecule has 0 bridgehead atoms. The minimum Gasteiger partial charge on any atom is -0.369 e. The largest absolute Gasteiger partial charge is 0.369 e. The van der Waals surface area contributed by atoms with Gasteiger partial charge in [0.1, 0.15) is 5.82 Å². The average Bonchev–Trinajstić information content (AvgIpc) is 2.67. The van der Waals surface area contributed by atoms with Crippen LogP contribution in [-0.4, -0.2) is 31.5 Å². The van der Waals surface area contributed by atoms with Crippen molar-refractivity contribution in [3.8, 4) is 0 Å². The summed E-state index contributed by atoms with van der Waals surface area (Å²) in [6.07, 6.45) is 1.16. The Morgan fingerprint density at radius 2 is 1.86 bits per heavy atom. The molecule has 0 aliphatic heterocycles. The van der Waals surface area contributed by atoms with Gasteiger partial charge in [0, 0.05) is 18.1 Å². The molecule has 0 heterocycles. The topological polar surface area (TPSA) is 79.5 Å². The number of primary amides is 1. The van der Waals surface area contributed by atoms with E-state index in [9.17, 15) is 9.18 Å². The van der Waals surface area contributed by atoms with Crippen LogP contribution < -0.4 is 16.4 Å². The molecule has 2 aromatic carbocycles. The Morgan fingerprint density at radius 3 is 2.48 bits per heavy atom. The van der Waals surface area contributed by atoms with E-state index in [0.717, 1.165) is 22.6 Å². The number of hydrogen-bond acceptors (Lipinski definition) is 2. The normalized spacial score (nSPS) is 12.0. The van der Waals surface area contributed by atoms with Crippen LogP contribution in [-0.2, 0) is 17.6 Å². The number of hydrogen-bond donors (Lipinski definition) is 3. The van der Waals surface area contributed by atoms with E-state index in [1.807, 2.05) is 31.2 Å². The van der Waals surface area contributed by atoms with Crippen LogP contribution in [0.3, 0.4) is 0 Å². The maximum atomic E-state index is 13.0. The van der Waals surface area contributed by atoms with Crippen LogP contribution in [0.4, 0.5) is 4.39 Å². The lowest BCUT2D eigenvalue weighted by Gasteiger charge is -2.15. The third-order valence-electron chi connectivity index (χ3n) is 4.26. The van der Waals surface area contributed by atoms with Gasteiger partial charge in [0.25, 0.3) is 0 Å². The van der Waals surface area contributed by atoms with Gasteiger partial charge in [-0.1, -0.05) is 41.9 Å². The van der Waals surface area contributed by atoms with Gasteiger partial charge in [-0.25, -0.2) is 4.39 Å². The molecule has 2 rings (SSSR count). The second kappa shape index (κ2) is 13.4. The lowest BCUT2D eigenvalue weighted by atomic mass is 9.99. The molecule has 5 nitrogen and oxygen atoms in total. The van der Waals surface area contributed by atoms with Gasteiger partial charge in [0.2, 0.25) is 5.91 Å². The number of benzene rings is 2. The number of guanidine groups is 1. The van der Waals surface area contributed by atoms with Crippen LogP contribution in [0.2, 0.25) is 5.02 Å². The first-order valence-electron chi connectivity index (χ1n) is 9.29. The van der Waals surface area contributed by atoms with E-state index < -0.39 is 11.8 Å². The molecule has 29 heavy (non-hydrogen) atoms. The SMILES string of the molecule is CCNC(=NCC(Cc1ccc(F)cc1)C(N)=O)NCCc1ccccc1Cl.I. The summed E-state index contributed by atoms with van der Waals surface area (Å²) in [6, 6.07) is 13.8. The number of carbonyl (C=O) groups excluding carboxylic acids is 1. The minimum absolute atomic E-state index is 0. The molecule has 0 radical (unpaired) electrons. The predicted molar refractivity (Wildman–Crippen MR) is 127 cm³/mol. The summed E-state index contributed by atoms with van der Waals surface area (Å²) in [6.45, 7) is 3.55. The lowest BCUT2D eigenvalue weighted by Crippen LogP contribution is -2.39. The van der Waals surface area contributed by atoms with Gasteiger partial charge in [0.15, 0.2) is 5.96 Å². The number of aliphatic imine (C=N–C) groups is 1. The molecule has 0 aromatic heterocycles. The van der Waals surface area contributed by atoms with Crippen molar-refractivity contribution in [3.05, 3.63) is 70.5 Å². The second-order valence-corrected chi connectivity index (χ2v) is 6.82. The predicted octanol–water partition coefficient (Wildman–Crippen LogP) is 3.54. The van der Waals surface area contributed by atoms with E-state index >= 15 is 0 Å². The molecule has 2 aromatic rings. The Hall–Kier alpha value is -1.87. The fourth-order valence-electron chi connectivity index (χ4n) is 2.72. The molecule has 0 fully saturated rings. The molecule has 8 heteroatoms. The molecule has 1 unspecified atom stereocenters. The molecular formula is C21H27ClFIN4O.